The molecule has 2 aliphatic rings. The van der Waals surface area contributed by atoms with Gasteiger partial charge in [0.05, 0.1) is 28.2 Å². The Morgan fingerprint density at radius 1 is 0.806 bits per heavy atom. The summed E-state index contributed by atoms with van der Waals surface area (Å²) in [6.45, 7) is 0. The van der Waals surface area contributed by atoms with Crippen LogP contribution in [0.15, 0.2) is 82.6 Å². The molecule has 0 saturated carbocycles. The van der Waals surface area contributed by atoms with Gasteiger partial charge in [0.15, 0.2) is 0 Å². The first-order valence-corrected chi connectivity index (χ1v) is 10.7. The lowest BCUT2D eigenvalue weighted by atomic mass is 10.1. The molecule has 0 radical (unpaired) electrons. The van der Waals surface area contributed by atoms with Crippen molar-refractivity contribution in [3.63, 3.8) is 0 Å². The maximum absolute atomic E-state index is 12.9. The molecule has 0 saturated heterocycles. The fraction of sp³-hybridized carbons (Fsp3) is 0.160. The molecule has 0 unspecified atom stereocenters. The summed E-state index contributed by atoms with van der Waals surface area (Å²) in [6, 6.07) is 13.0. The summed E-state index contributed by atoms with van der Waals surface area (Å²) < 4.78 is 82.8. The minimum absolute atomic E-state index is 0.199. The van der Waals surface area contributed by atoms with Gasteiger partial charge in [-0.2, -0.15) is 26.3 Å². The summed E-state index contributed by atoms with van der Waals surface area (Å²) in [5, 5.41) is 3.02. The predicted octanol–water partition coefficient (Wildman–Crippen LogP) is 7.23. The Morgan fingerprint density at radius 3 is 2.25 bits per heavy atom. The van der Waals surface area contributed by atoms with E-state index in [1.54, 1.807) is 18.2 Å². The monoisotopic (exact) mass is 502 g/mol. The number of aromatic nitrogens is 1. The molecule has 1 aromatic heterocycles. The largest absolute Gasteiger partial charge is 0.457 e. The van der Waals surface area contributed by atoms with E-state index in [9.17, 15) is 26.3 Å². The highest BCUT2D eigenvalue weighted by Gasteiger charge is 2.36. The highest BCUT2D eigenvalue weighted by atomic mass is 19.4. The number of nitrogens with zero attached hydrogens (tertiary/aromatic N) is 3. The molecule has 3 aromatic rings. The quantitative estimate of drug-likeness (QED) is 0.383. The maximum atomic E-state index is 12.9. The Hall–Kier alpha value is -4.15. The van der Waals surface area contributed by atoms with Gasteiger partial charge in [-0.25, -0.2) is 4.99 Å². The van der Waals surface area contributed by atoms with Crippen molar-refractivity contribution < 1.29 is 31.1 Å². The molecule has 0 bridgehead atoms. The van der Waals surface area contributed by atoms with Crippen molar-refractivity contribution in [1.29, 1.82) is 0 Å². The summed E-state index contributed by atoms with van der Waals surface area (Å²) >= 11 is 0. The molecule has 11 heteroatoms. The summed E-state index contributed by atoms with van der Waals surface area (Å²) in [5.74, 6) is 1.39. The molecule has 5 nitrogen and oxygen atoms in total. The zero-order valence-corrected chi connectivity index (χ0v) is 18.3. The Bertz CT molecular complexity index is 1410. The van der Waals surface area contributed by atoms with E-state index in [4.69, 9.17) is 4.74 Å². The van der Waals surface area contributed by atoms with Crippen LogP contribution in [0, 0.1) is 0 Å². The van der Waals surface area contributed by atoms with Crippen LogP contribution in [0.25, 0.3) is 0 Å². The number of rotatable bonds is 4. The number of allylic oxidation sites excluding steroid dienone is 1. The lowest BCUT2D eigenvalue weighted by molar-refractivity contribution is -0.137. The van der Waals surface area contributed by atoms with Crippen LogP contribution in [0.2, 0.25) is 0 Å². The van der Waals surface area contributed by atoms with Gasteiger partial charge in [-0.15, -0.1) is 0 Å². The molecule has 5 rings (SSSR count). The van der Waals surface area contributed by atoms with Crippen LogP contribution < -0.4 is 10.1 Å². The molecule has 0 spiro atoms. The van der Waals surface area contributed by atoms with Crippen LogP contribution in [0.4, 0.5) is 37.7 Å². The van der Waals surface area contributed by atoms with E-state index in [2.05, 4.69) is 20.3 Å². The average molecular weight is 502 g/mol. The zero-order chi connectivity index (χ0) is 25.5. The molecule has 2 aromatic carbocycles. The number of amidine groups is 1. The van der Waals surface area contributed by atoms with Crippen molar-refractivity contribution in [3.8, 4) is 11.5 Å². The number of ether oxygens (including phenoxy) is 1. The number of halogens is 6. The van der Waals surface area contributed by atoms with Gasteiger partial charge in [-0.3, -0.25) is 9.98 Å². The average Bonchev–Trinajstić information content (AvgIpc) is 3.46. The fourth-order valence-electron chi connectivity index (χ4n) is 3.73. The van der Waals surface area contributed by atoms with Gasteiger partial charge in [0.25, 0.3) is 0 Å². The molecular formula is C25H16F6N4O. The highest BCUT2D eigenvalue weighted by Crippen LogP contribution is 2.35. The van der Waals surface area contributed by atoms with Crippen molar-refractivity contribution >= 4 is 22.9 Å². The van der Waals surface area contributed by atoms with E-state index < -0.39 is 23.5 Å². The molecule has 3 heterocycles. The van der Waals surface area contributed by atoms with Crippen LogP contribution >= 0.6 is 0 Å². The maximum Gasteiger partial charge on any atom is 0.416 e. The van der Waals surface area contributed by atoms with E-state index in [1.165, 1.54) is 24.4 Å². The normalized spacial score (nSPS) is 15.2. The van der Waals surface area contributed by atoms with Gasteiger partial charge in [0.2, 0.25) is 0 Å². The summed E-state index contributed by atoms with van der Waals surface area (Å²) in [6.07, 6.45) is -6.51. The third kappa shape index (κ3) is 5.09. The van der Waals surface area contributed by atoms with Gasteiger partial charge in [-0.1, -0.05) is 6.07 Å². The number of fused-ring (bicyclic) bond motifs is 1. The second-order valence-corrected chi connectivity index (χ2v) is 8.11. The minimum Gasteiger partial charge on any atom is -0.457 e. The molecular weight excluding hydrogens is 486 g/mol. The number of benzene rings is 2. The third-order valence-electron chi connectivity index (χ3n) is 5.53. The number of nitrogens with one attached hydrogen (secondary N) is 1. The number of alkyl halides is 6. The summed E-state index contributed by atoms with van der Waals surface area (Å²) in [5.41, 5.74) is 1.03. The zero-order valence-electron chi connectivity index (χ0n) is 18.3. The molecule has 0 amide bonds. The van der Waals surface area contributed by atoms with Crippen molar-refractivity contribution in [2.24, 2.45) is 9.98 Å². The Morgan fingerprint density at radius 2 is 1.56 bits per heavy atom. The van der Waals surface area contributed by atoms with Gasteiger partial charge >= 0.3 is 12.4 Å². The van der Waals surface area contributed by atoms with Crippen LogP contribution in [0.5, 0.6) is 11.5 Å². The van der Waals surface area contributed by atoms with Crippen LogP contribution in [-0.2, 0) is 12.6 Å². The van der Waals surface area contributed by atoms with E-state index >= 15 is 0 Å². The predicted molar refractivity (Wildman–Crippen MR) is 122 cm³/mol. The third-order valence-corrected chi connectivity index (χ3v) is 5.53. The van der Waals surface area contributed by atoms with E-state index in [-0.39, 0.29) is 17.8 Å². The second-order valence-electron chi connectivity index (χ2n) is 8.11. The van der Waals surface area contributed by atoms with Crippen molar-refractivity contribution in [1.82, 2.24) is 4.98 Å². The van der Waals surface area contributed by atoms with Crippen LogP contribution in [0.1, 0.15) is 23.2 Å². The molecule has 36 heavy (non-hydrogen) atoms. The van der Waals surface area contributed by atoms with Crippen molar-refractivity contribution in [2.45, 2.75) is 25.2 Å². The molecule has 0 atom stereocenters. The van der Waals surface area contributed by atoms with Gasteiger partial charge in [0.1, 0.15) is 17.3 Å². The number of hydrogen-bond acceptors (Lipinski definition) is 5. The van der Waals surface area contributed by atoms with E-state index in [0.29, 0.717) is 35.1 Å². The number of aliphatic imine (C=N–C) groups is 2. The van der Waals surface area contributed by atoms with Gasteiger partial charge in [0, 0.05) is 43.1 Å². The summed E-state index contributed by atoms with van der Waals surface area (Å²) in [7, 11) is 0. The molecule has 0 aliphatic carbocycles. The van der Waals surface area contributed by atoms with E-state index in [0.717, 1.165) is 23.9 Å². The van der Waals surface area contributed by atoms with E-state index in [1.807, 2.05) is 6.07 Å². The molecule has 184 valence electrons. The standard InChI is InChI=1S/C25H16F6N4O/c26-24(27,28)15-2-4-17(5-3-15)34-23-9-14-1-6-18(11-20(14)35-23)36-19-7-8-32-22(12-19)21-10-16(13-33-21)25(29,30)31/h1-8,11-13H,9-10H2,(H,34,35). The Labute approximate surface area is 200 Å². The fourth-order valence-corrected chi connectivity index (χ4v) is 3.73. The second kappa shape index (κ2) is 8.81. The molecule has 2 aliphatic heterocycles. The smallest absolute Gasteiger partial charge is 0.416 e. The number of anilines is 1. The highest BCUT2D eigenvalue weighted by molar-refractivity contribution is 6.03. The summed E-state index contributed by atoms with van der Waals surface area (Å²) in [4.78, 5) is 12.4. The Balaban J connectivity index is 1.26. The molecule has 1 N–H and O–H groups in total. The van der Waals surface area contributed by atoms with Crippen molar-refractivity contribution in [3.05, 3.63) is 89.4 Å². The topological polar surface area (TPSA) is 58.9 Å². The first-order valence-electron chi connectivity index (χ1n) is 10.7. The first-order chi connectivity index (χ1) is 17.0. The van der Waals surface area contributed by atoms with Gasteiger partial charge in [-0.05, 0) is 42.0 Å². The Kier molecular flexibility index (Phi) is 5.77. The van der Waals surface area contributed by atoms with Crippen LogP contribution in [0.3, 0.4) is 0 Å². The lowest BCUT2D eigenvalue weighted by Crippen LogP contribution is -2.13. The number of pyridine rings is 1. The minimum atomic E-state index is -4.44. The number of hydrogen-bond donors (Lipinski definition) is 1. The van der Waals surface area contributed by atoms with Crippen molar-refractivity contribution in [2.75, 3.05) is 5.32 Å². The van der Waals surface area contributed by atoms with Gasteiger partial charge < -0.3 is 10.1 Å². The molecule has 0 fully saturated rings. The SMILES string of the molecule is FC(F)(F)C1=CN=C(c2cc(Oc3ccc4c(c3)N=C(Nc3ccc(C(F)(F)F)cc3)C4)ccn2)C1. The first kappa shape index (κ1) is 23.6. The van der Waals surface area contributed by atoms with Crippen LogP contribution in [-0.4, -0.2) is 22.7 Å². The lowest BCUT2D eigenvalue weighted by Gasteiger charge is -2.09.